The maximum atomic E-state index is 10.5. The molecule has 2 saturated heterocycles. The summed E-state index contributed by atoms with van der Waals surface area (Å²) in [6.07, 6.45) is 6.56. The van der Waals surface area contributed by atoms with Gasteiger partial charge in [0.25, 0.3) is 0 Å². The molecule has 5 heteroatoms. The van der Waals surface area contributed by atoms with Crippen LogP contribution in [-0.2, 0) is 11.3 Å². The van der Waals surface area contributed by atoms with Crippen LogP contribution in [0, 0.1) is 0 Å². The van der Waals surface area contributed by atoms with Gasteiger partial charge in [0.1, 0.15) is 0 Å². The van der Waals surface area contributed by atoms with Crippen LogP contribution in [0.4, 0.5) is 0 Å². The Labute approximate surface area is 160 Å². The molecule has 2 aromatic rings. The van der Waals surface area contributed by atoms with Crippen molar-refractivity contribution < 1.29 is 14.9 Å². The first kappa shape index (κ1) is 18.6. The van der Waals surface area contributed by atoms with Gasteiger partial charge in [-0.25, -0.2) is 0 Å². The molecular weight excluding hydrogens is 340 g/mol. The lowest BCUT2D eigenvalue weighted by Crippen LogP contribution is -2.55. The van der Waals surface area contributed by atoms with Gasteiger partial charge in [-0.1, -0.05) is 30.3 Å². The molecule has 0 radical (unpaired) electrons. The Morgan fingerprint density at radius 1 is 1.04 bits per heavy atom. The van der Waals surface area contributed by atoms with E-state index in [2.05, 4.69) is 40.2 Å². The molecule has 1 unspecified atom stereocenters. The van der Waals surface area contributed by atoms with Gasteiger partial charge >= 0.3 is 0 Å². The van der Waals surface area contributed by atoms with E-state index >= 15 is 0 Å². The van der Waals surface area contributed by atoms with E-state index in [9.17, 15) is 10.2 Å². The summed E-state index contributed by atoms with van der Waals surface area (Å²) in [4.78, 5) is 6.63. The lowest BCUT2D eigenvalue weighted by molar-refractivity contribution is -0.189. The lowest BCUT2D eigenvalue weighted by Gasteiger charge is -2.48. The molecule has 1 aromatic carbocycles. The van der Waals surface area contributed by atoms with Crippen LogP contribution in [0.15, 0.2) is 48.8 Å². The van der Waals surface area contributed by atoms with Crippen molar-refractivity contribution in [3.8, 4) is 11.1 Å². The molecule has 27 heavy (non-hydrogen) atoms. The van der Waals surface area contributed by atoms with E-state index in [4.69, 9.17) is 4.74 Å². The number of likely N-dealkylation sites (tertiary alicyclic amines) is 1. The van der Waals surface area contributed by atoms with Gasteiger partial charge in [-0.05, 0) is 35.6 Å². The van der Waals surface area contributed by atoms with Crippen molar-refractivity contribution in [2.45, 2.75) is 43.4 Å². The summed E-state index contributed by atoms with van der Waals surface area (Å²) in [5, 5.41) is 20.0. The third-order valence-corrected chi connectivity index (χ3v) is 6.04. The minimum Gasteiger partial charge on any atom is -0.393 e. The SMILES string of the molecule is OCC1(O)CCOC2(CCN(Cc3ccc(-c4cccnc4)cc3)CC2)C1. The van der Waals surface area contributed by atoms with E-state index in [1.54, 1.807) is 6.20 Å². The highest BCUT2D eigenvalue weighted by Crippen LogP contribution is 2.39. The van der Waals surface area contributed by atoms with Gasteiger partial charge in [-0.2, -0.15) is 0 Å². The summed E-state index contributed by atoms with van der Waals surface area (Å²) >= 11 is 0. The highest BCUT2D eigenvalue weighted by atomic mass is 16.5. The van der Waals surface area contributed by atoms with E-state index in [0.29, 0.717) is 19.4 Å². The van der Waals surface area contributed by atoms with E-state index in [-0.39, 0.29) is 12.2 Å². The Bertz CT molecular complexity index is 742. The van der Waals surface area contributed by atoms with Crippen LogP contribution >= 0.6 is 0 Å². The Hall–Kier alpha value is -1.79. The summed E-state index contributed by atoms with van der Waals surface area (Å²) in [7, 11) is 0. The van der Waals surface area contributed by atoms with Crippen molar-refractivity contribution in [2.75, 3.05) is 26.3 Å². The van der Waals surface area contributed by atoms with Crippen molar-refractivity contribution in [1.29, 1.82) is 0 Å². The van der Waals surface area contributed by atoms with Gasteiger partial charge in [0.15, 0.2) is 0 Å². The monoisotopic (exact) mass is 368 g/mol. The van der Waals surface area contributed by atoms with Crippen LogP contribution in [0.5, 0.6) is 0 Å². The van der Waals surface area contributed by atoms with E-state index < -0.39 is 5.60 Å². The van der Waals surface area contributed by atoms with Crippen LogP contribution in [-0.4, -0.2) is 57.6 Å². The lowest BCUT2D eigenvalue weighted by atomic mass is 9.77. The molecule has 1 spiro atoms. The summed E-state index contributed by atoms with van der Waals surface area (Å²) in [5.74, 6) is 0. The summed E-state index contributed by atoms with van der Waals surface area (Å²) in [5.41, 5.74) is 2.38. The number of aromatic nitrogens is 1. The minimum absolute atomic E-state index is 0.175. The third kappa shape index (κ3) is 4.22. The zero-order valence-electron chi connectivity index (χ0n) is 15.7. The molecule has 2 aliphatic heterocycles. The number of pyridine rings is 1. The second-order valence-corrected chi connectivity index (χ2v) is 8.06. The number of ether oxygens (including phenoxy) is 1. The van der Waals surface area contributed by atoms with Crippen molar-refractivity contribution >= 4 is 0 Å². The van der Waals surface area contributed by atoms with E-state index in [0.717, 1.165) is 38.0 Å². The summed E-state index contributed by atoms with van der Waals surface area (Å²) in [6, 6.07) is 12.7. The maximum Gasteiger partial charge on any atom is 0.0926 e. The molecule has 2 fully saturated rings. The Balaban J connectivity index is 1.34. The zero-order chi connectivity index (χ0) is 18.7. The molecule has 2 N–H and O–H groups in total. The molecule has 0 bridgehead atoms. The highest BCUT2D eigenvalue weighted by Gasteiger charge is 2.46. The molecule has 2 aliphatic rings. The number of aliphatic hydroxyl groups excluding tert-OH is 1. The standard InChI is InChI=1S/C22H28N2O3/c25-17-21(26)9-13-27-22(16-21)7-11-24(12-8-22)15-18-3-5-19(6-4-18)20-2-1-10-23-14-20/h1-6,10,14,25-26H,7-9,11-13,15-17H2. The second kappa shape index (κ2) is 7.68. The largest absolute Gasteiger partial charge is 0.393 e. The van der Waals surface area contributed by atoms with Gasteiger partial charge in [0, 0.05) is 44.9 Å². The first-order valence-electron chi connectivity index (χ1n) is 9.79. The van der Waals surface area contributed by atoms with Crippen LogP contribution in [0.25, 0.3) is 11.1 Å². The highest BCUT2D eigenvalue weighted by molar-refractivity contribution is 5.62. The fourth-order valence-electron chi connectivity index (χ4n) is 4.37. The molecule has 0 saturated carbocycles. The number of aliphatic hydroxyl groups is 2. The Morgan fingerprint density at radius 3 is 2.48 bits per heavy atom. The molecule has 5 nitrogen and oxygen atoms in total. The normalized spacial score (nSPS) is 25.6. The topological polar surface area (TPSA) is 65.8 Å². The van der Waals surface area contributed by atoms with E-state index in [1.807, 2.05) is 12.3 Å². The minimum atomic E-state index is -0.970. The Kier molecular flexibility index (Phi) is 5.28. The number of benzene rings is 1. The van der Waals surface area contributed by atoms with Crippen LogP contribution in [0.1, 0.15) is 31.2 Å². The molecule has 4 rings (SSSR count). The van der Waals surface area contributed by atoms with Gasteiger partial charge in [-0.3, -0.25) is 9.88 Å². The number of hydrogen-bond donors (Lipinski definition) is 2. The molecule has 3 heterocycles. The van der Waals surface area contributed by atoms with Gasteiger partial charge in [0.05, 0.1) is 24.4 Å². The Morgan fingerprint density at radius 2 is 1.81 bits per heavy atom. The predicted octanol–water partition coefficient (Wildman–Crippen LogP) is 2.62. The third-order valence-electron chi connectivity index (χ3n) is 6.04. The zero-order valence-corrected chi connectivity index (χ0v) is 15.7. The fourth-order valence-corrected chi connectivity index (χ4v) is 4.37. The van der Waals surface area contributed by atoms with Gasteiger partial charge in [0.2, 0.25) is 0 Å². The van der Waals surface area contributed by atoms with Crippen LogP contribution in [0.3, 0.4) is 0 Å². The number of nitrogens with zero attached hydrogens (tertiary/aromatic N) is 2. The average molecular weight is 368 g/mol. The van der Waals surface area contributed by atoms with E-state index in [1.165, 1.54) is 11.1 Å². The number of piperidine rings is 1. The smallest absolute Gasteiger partial charge is 0.0926 e. The van der Waals surface area contributed by atoms with Crippen molar-refractivity contribution in [3.05, 3.63) is 54.4 Å². The molecule has 1 aromatic heterocycles. The fraction of sp³-hybridized carbons (Fsp3) is 0.500. The van der Waals surface area contributed by atoms with Gasteiger partial charge < -0.3 is 14.9 Å². The van der Waals surface area contributed by atoms with Crippen molar-refractivity contribution in [2.24, 2.45) is 0 Å². The van der Waals surface area contributed by atoms with Crippen molar-refractivity contribution in [1.82, 2.24) is 9.88 Å². The summed E-state index contributed by atoms with van der Waals surface area (Å²) in [6.45, 7) is 3.18. The second-order valence-electron chi connectivity index (χ2n) is 8.06. The van der Waals surface area contributed by atoms with Crippen LogP contribution in [0.2, 0.25) is 0 Å². The summed E-state index contributed by atoms with van der Waals surface area (Å²) < 4.78 is 6.06. The predicted molar refractivity (Wildman–Crippen MR) is 104 cm³/mol. The van der Waals surface area contributed by atoms with Crippen LogP contribution < -0.4 is 0 Å². The molecular formula is C22H28N2O3. The quantitative estimate of drug-likeness (QED) is 0.868. The number of hydrogen-bond acceptors (Lipinski definition) is 5. The molecule has 0 aliphatic carbocycles. The maximum absolute atomic E-state index is 10.5. The molecule has 0 amide bonds. The van der Waals surface area contributed by atoms with Gasteiger partial charge in [-0.15, -0.1) is 0 Å². The average Bonchev–Trinajstić information content (AvgIpc) is 2.71. The molecule has 1 atom stereocenters. The first-order valence-corrected chi connectivity index (χ1v) is 9.79. The van der Waals surface area contributed by atoms with Crippen molar-refractivity contribution in [3.63, 3.8) is 0 Å². The first-order chi connectivity index (χ1) is 13.1. The molecule has 144 valence electrons. The number of rotatable bonds is 4.